The number of rotatable bonds is 14. The van der Waals surface area contributed by atoms with E-state index in [-0.39, 0.29) is 17.1 Å². The van der Waals surface area contributed by atoms with E-state index in [4.69, 9.17) is 11.6 Å². The Labute approximate surface area is 208 Å². The molecule has 1 aliphatic carbocycles. The molecule has 3 rings (SSSR count). The summed E-state index contributed by atoms with van der Waals surface area (Å²) in [6.07, 6.45) is 14.8. The Balaban J connectivity index is 2.07. The van der Waals surface area contributed by atoms with Gasteiger partial charge < -0.3 is 0 Å². The average molecular weight is 518 g/mol. The Morgan fingerprint density at radius 3 is 2.00 bits per heavy atom. The average Bonchev–Trinajstić information content (AvgIpc) is 3.08. The molecule has 0 N–H and O–H groups in total. The molecule has 1 aliphatic rings. The highest BCUT2D eigenvalue weighted by molar-refractivity contribution is 9.10. The van der Waals surface area contributed by atoms with Gasteiger partial charge in [0.05, 0.1) is 5.88 Å². The van der Waals surface area contributed by atoms with Gasteiger partial charge in [-0.2, -0.15) is 0 Å². The van der Waals surface area contributed by atoms with Gasteiger partial charge in [0.2, 0.25) is 0 Å². The van der Waals surface area contributed by atoms with E-state index in [1.807, 2.05) is 6.07 Å². The Kier molecular flexibility index (Phi) is 9.86. The Bertz CT molecular complexity index is 890. The zero-order valence-electron chi connectivity index (χ0n) is 19.8. The number of alkyl halides is 1. The highest BCUT2D eigenvalue weighted by Crippen LogP contribution is 2.56. The maximum atomic E-state index is 13.1. The van der Waals surface area contributed by atoms with Crippen LogP contribution in [0.2, 0.25) is 0 Å². The van der Waals surface area contributed by atoms with Gasteiger partial charge in [-0.1, -0.05) is 124 Å². The van der Waals surface area contributed by atoms with E-state index in [2.05, 4.69) is 60.1 Å². The van der Waals surface area contributed by atoms with Crippen molar-refractivity contribution >= 4 is 33.3 Å². The van der Waals surface area contributed by atoms with Crippen LogP contribution in [0.15, 0.2) is 40.9 Å². The third-order valence-corrected chi connectivity index (χ3v) is 8.08. The molecule has 0 bridgehead atoms. The summed E-state index contributed by atoms with van der Waals surface area (Å²) in [4.78, 5) is 13.1. The summed E-state index contributed by atoms with van der Waals surface area (Å²) in [6.45, 7) is 4.53. The maximum absolute atomic E-state index is 13.1. The predicted octanol–water partition coefficient (Wildman–Crippen LogP) is 9.86. The van der Waals surface area contributed by atoms with Gasteiger partial charge in [-0.05, 0) is 41.2 Å². The number of hydrogen-bond acceptors (Lipinski definition) is 1. The number of halogens is 2. The smallest absolute Gasteiger partial charge is 0.179 e. The van der Waals surface area contributed by atoms with Crippen molar-refractivity contribution in [2.24, 2.45) is 0 Å². The van der Waals surface area contributed by atoms with Crippen molar-refractivity contribution in [2.75, 3.05) is 5.88 Å². The monoisotopic (exact) mass is 516 g/mol. The molecule has 0 aromatic heterocycles. The fourth-order valence-electron chi connectivity index (χ4n) is 5.61. The van der Waals surface area contributed by atoms with E-state index in [9.17, 15) is 4.79 Å². The molecule has 2 aromatic rings. The number of ketones is 1. The summed E-state index contributed by atoms with van der Waals surface area (Å²) >= 11 is 9.83. The van der Waals surface area contributed by atoms with Crippen LogP contribution >= 0.6 is 27.5 Å². The fraction of sp³-hybridized carbons (Fsp3) is 0.552. The molecule has 0 heterocycles. The first kappa shape index (κ1) is 25.5. The van der Waals surface area contributed by atoms with Crippen molar-refractivity contribution in [2.45, 2.75) is 96.3 Å². The lowest BCUT2D eigenvalue weighted by atomic mass is 9.69. The molecule has 0 spiro atoms. The van der Waals surface area contributed by atoms with Crippen molar-refractivity contribution in [1.82, 2.24) is 0 Å². The third kappa shape index (κ3) is 5.33. The maximum Gasteiger partial charge on any atom is 0.179 e. The number of unbranched alkanes of at least 4 members (excludes halogenated alkanes) is 8. The number of Topliss-reactive ketones (excluding diaryl/α,β-unsaturated/α-hetero) is 1. The fourth-order valence-corrected chi connectivity index (χ4v) is 6.30. The number of hydrogen-bond donors (Lipinski definition) is 0. The van der Waals surface area contributed by atoms with E-state index < -0.39 is 0 Å². The minimum absolute atomic E-state index is 0.0223. The topological polar surface area (TPSA) is 17.1 Å². The minimum Gasteiger partial charge on any atom is -0.293 e. The van der Waals surface area contributed by atoms with Crippen LogP contribution in [-0.2, 0) is 5.41 Å². The van der Waals surface area contributed by atoms with Crippen LogP contribution in [0.1, 0.15) is 112 Å². The van der Waals surface area contributed by atoms with Crippen molar-refractivity contribution in [3.8, 4) is 11.1 Å². The number of fused-ring (bicyclic) bond motifs is 3. The minimum atomic E-state index is -0.0921. The van der Waals surface area contributed by atoms with Gasteiger partial charge in [0, 0.05) is 15.5 Å². The summed E-state index contributed by atoms with van der Waals surface area (Å²) in [5.74, 6) is 0.0543. The van der Waals surface area contributed by atoms with Crippen molar-refractivity contribution < 1.29 is 4.79 Å². The van der Waals surface area contributed by atoms with Crippen molar-refractivity contribution in [3.05, 3.63) is 57.6 Å². The molecular formula is C29H38BrClO. The molecule has 0 saturated heterocycles. The van der Waals surface area contributed by atoms with Crippen LogP contribution in [0.5, 0.6) is 0 Å². The largest absolute Gasteiger partial charge is 0.293 e. The van der Waals surface area contributed by atoms with Crippen LogP contribution in [0.4, 0.5) is 0 Å². The van der Waals surface area contributed by atoms with Gasteiger partial charge in [-0.15, -0.1) is 11.6 Å². The quantitative estimate of drug-likeness (QED) is 0.138. The molecule has 2 aromatic carbocycles. The van der Waals surface area contributed by atoms with Crippen LogP contribution in [0.25, 0.3) is 11.1 Å². The lowest BCUT2D eigenvalue weighted by Gasteiger charge is -2.34. The Morgan fingerprint density at radius 1 is 0.812 bits per heavy atom. The molecule has 0 radical (unpaired) electrons. The summed E-state index contributed by atoms with van der Waals surface area (Å²) in [5, 5.41) is 0. The summed E-state index contributed by atoms with van der Waals surface area (Å²) < 4.78 is 0.885. The Hall–Kier alpha value is -1.12. The molecule has 1 nitrogen and oxygen atoms in total. The standard InChI is InChI=1S/C29H38BrClO/c1-3-5-7-9-13-19-29(20-14-10-8-6-4-2)24-16-12-11-15-22(24)23-17-18-25(30)27(28(23)29)26(32)21-31/h11-12,15-18H,3-10,13-14,19-21H2,1-2H3. The number of carbonyl (C=O) groups is 1. The first-order valence-corrected chi connectivity index (χ1v) is 14.0. The predicted molar refractivity (Wildman–Crippen MR) is 142 cm³/mol. The summed E-state index contributed by atoms with van der Waals surface area (Å²) in [6, 6.07) is 13.1. The van der Waals surface area contributed by atoms with Gasteiger partial charge in [0.1, 0.15) is 0 Å². The second-order valence-electron chi connectivity index (χ2n) is 9.36. The molecule has 0 fully saturated rings. The SMILES string of the molecule is CCCCCCCC1(CCCCCCC)c2ccccc2-c2ccc(Br)c(C(=O)CCl)c21. The van der Waals surface area contributed by atoms with Gasteiger partial charge in [-0.3, -0.25) is 4.79 Å². The van der Waals surface area contributed by atoms with Gasteiger partial charge >= 0.3 is 0 Å². The first-order valence-electron chi connectivity index (χ1n) is 12.6. The molecule has 3 heteroatoms. The second kappa shape index (κ2) is 12.4. The zero-order valence-corrected chi connectivity index (χ0v) is 22.2. The van der Waals surface area contributed by atoms with E-state index in [1.165, 1.54) is 86.5 Å². The molecule has 0 unspecified atom stereocenters. The zero-order chi connectivity index (χ0) is 23.0. The van der Waals surface area contributed by atoms with Crippen LogP contribution in [0.3, 0.4) is 0 Å². The van der Waals surface area contributed by atoms with E-state index >= 15 is 0 Å². The van der Waals surface area contributed by atoms with Crippen LogP contribution in [-0.4, -0.2) is 11.7 Å². The van der Waals surface area contributed by atoms with E-state index in [0.29, 0.717) is 0 Å². The van der Waals surface area contributed by atoms with Gasteiger partial charge in [0.15, 0.2) is 5.78 Å². The molecule has 32 heavy (non-hydrogen) atoms. The highest BCUT2D eigenvalue weighted by Gasteiger charge is 2.45. The Morgan fingerprint density at radius 2 is 1.41 bits per heavy atom. The summed E-state index contributed by atoms with van der Waals surface area (Å²) in [5.41, 5.74) is 5.92. The summed E-state index contributed by atoms with van der Waals surface area (Å²) in [7, 11) is 0. The van der Waals surface area contributed by atoms with Gasteiger partial charge in [0.25, 0.3) is 0 Å². The molecule has 0 amide bonds. The molecule has 0 saturated carbocycles. The normalized spacial score (nSPS) is 13.8. The van der Waals surface area contributed by atoms with Crippen LogP contribution in [0, 0.1) is 0 Å². The lowest BCUT2D eigenvalue weighted by Crippen LogP contribution is -2.28. The lowest BCUT2D eigenvalue weighted by molar-refractivity contribution is 0.101. The van der Waals surface area contributed by atoms with Crippen molar-refractivity contribution in [1.29, 1.82) is 0 Å². The van der Waals surface area contributed by atoms with Crippen LogP contribution < -0.4 is 0 Å². The van der Waals surface area contributed by atoms with E-state index in [0.717, 1.165) is 22.9 Å². The molecule has 0 atom stereocenters. The van der Waals surface area contributed by atoms with Gasteiger partial charge in [-0.25, -0.2) is 0 Å². The third-order valence-electron chi connectivity index (χ3n) is 7.18. The van der Waals surface area contributed by atoms with Crippen molar-refractivity contribution in [3.63, 3.8) is 0 Å². The molecular weight excluding hydrogens is 480 g/mol. The number of carbonyl (C=O) groups excluding carboxylic acids is 1. The highest BCUT2D eigenvalue weighted by atomic mass is 79.9. The second-order valence-corrected chi connectivity index (χ2v) is 10.5. The molecule has 0 aliphatic heterocycles. The first-order chi connectivity index (χ1) is 15.6. The number of benzene rings is 2. The molecule has 174 valence electrons. The van der Waals surface area contributed by atoms with E-state index in [1.54, 1.807) is 0 Å².